The van der Waals surface area contributed by atoms with Gasteiger partial charge in [-0.2, -0.15) is 0 Å². The first-order valence-electron chi connectivity index (χ1n) is 50.0. The van der Waals surface area contributed by atoms with Gasteiger partial charge in [-0.3, -0.25) is 33.3 Å². The van der Waals surface area contributed by atoms with E-state index in [1.165, 1.54) is 135 Å². The van der Waals surface area contributed by atoms with Crippen LogP contribution in [0, 0.1) is 0 Å². The molecule has 121 heavy (non-hydrogen) atoms. The Hall–Kier alpha value is -3.39. The van der Waals surface area contributed by atoms with Crippen molar-refractivity contribution in [3.63, 3.8) is 0 Å². The van der Waals surface area contributed by atoms with E-state index in [0.29, 0.717) is 57.8 Å². The lowest BCUT2D eigenvalue weighted by molar-refractivity contribution is -0.304. The zero-order chi connectivity index (χ0) is 88.6. The standard InChI is InChI=1S/C96H181N2O22P/c1-8-15-21-27-33-39-40-46-52-58-64-70-86(105)115-80(68-62-56-50-44-37-31-25-19-12-5)74-88(107)119-94-90(98-84(103)73-79(67-61-55-49-43-36-30-24-18-11-4)114-85(104)69-63-57-51-45-38-32-26-20-13-6)96(116-81(75-99)92(94)120-121(109,110)111)113-76-82-91(108)93(118-87(106)72-78(101)66-60-54-48-42-35-29-23-17-10-3)89(95(117-82)112-14-7)97-83(102)71-77(100)65-59-53-47-41-34-28-22-16-9-2/h77-82,89-96,99-101,108H,8-76H2,1-7H3,(H,97,102)(H,98,103)(H2,109,110,111)/t77-,78-,79-,80-,81-,82-,89-,90-,91-,92-,93-,94-,95+,96-/m1/s1. The minimum Gasteiger partial charge on any atom is -0.462 e. The Labute approximate surface area is 734 Å². The topological polar surface area (TPSA) is 348 Å². The summed E-state index contributed by atoms with van der Waals surface area (Å²) in [7, 11) is -5.61. The van der Waals surface area contributed by atoms with E-state index in [-0.39, 0.29) is 32.3 Å². The predicted molar refractivity (Wildman–Crippen MR) is 479 cm³/mol. The minimum absolute atomic E-state index is 0.0283. The Morgan fingerprint density at radius 1 is 0.347 bits per heavy atom. The smallest absolute Gasteiger partial charge is 0.462 e. The van der Waals surface area contributed by atoms with Gasteiger partial charge in [0.05, 0.1) is 51.1 Å². The molecule has 712 valence electrons. The molecule has 2 amide bonds. The zero-order valence-corrected chi connectivity index (χ0v) is 78.4. The van der Waals surface area contributed by atoms with Crippen molar-refractivity contribution in [2.75, 3.05) is 19.8 Å². The number of rotatable bonds is 84. The number of amides is 2. The number of nitrogens with one attached hydrogen (secondary N) is 2. The van der Waals surface area contributed by atoms with Crippen molar-refractivity contribution in [1.29, 1.82) is 0 Å². The van der Waals surface area contributed by atoms with Gasteiger partial charge in [0.15, 0.2) is 24.8 Å². The van der Waals surface area contributed by atoms with Crippen LogP contribution >= 0.6 is 7.82 Å². The van der Waals surface area contributed by atoms with E-state index in [1.807, 2.05) is 0 Å². The largest absolute Gasteiger partial charge is 0.470 e. The van der Waals surface area contributed by atoms with E-state index in [4.69, 9.17) is 42.4 Å². The number of unbranched alkanes of at least 4 members (excludes halogenated alkanes) is 50. The molecule has 0 aromatic heterocycles. The summed E-state index contributed by atoms with van der Waals surface area (Å²) in [5.74, 6) is -4.32. The number of aliphatic hydroxyl groups excluding tert-OH is 4. The molecule has 24 nitrogen and oxygen atoms in total. The molecule has 2 aliphatic rings. The first kappa shape index (κ1) is 114. The average Bonchev–Trinajstić information content (AvgIpc) is 0.781. The molecule has 14 atom stereocenters. The summed E-state index contributed by atoms with van der Waals surface area (Å²) in [6.45, 7) is 13.0. The summed E-state index contributed by atoms with van der Waals surface area (Å²) in [5, 5.41) is 52.1. The van der Waals surface area contributed by atoms with Crippen LogP contribution in [0.25, 0.3) is 0 Å². The summed E-state index contributed by atoms with van der Waals surface area (Å²) in [6.07, 6.45) is 39.9. The Morgan fingerprint density at radius 3 is 1.01 bits per heavy atom. The molecular weight excluding hydrogens is 1560 g/mol. The Kier molecular flexibility index (Phi) is 72.0. The van der Waals surface area contributed by atoms with Gasteiger partial charge in [0, 0.05) is 19.4 Å². The van der Waals surface area contributed by atoms with Crippen LogP contribution in [-0.4, -0.2) is 171 Å². The lowest BCUT2D eigenvalue weighted by Crippen LogP contribution is -2.68. The van der Waals surface area contributed by atoms with Crippen LogP contribution in [0.15, 0.2) is 0 Å². The second-order valence-electron chi connectivity index (χ2n) is 35.4. The molecule has 0 saturated carbocycles. The molecule has 0 aliphatic carbocycles. The summed E-state index contributed by atoms with van der Waals surface area (Å²) >= 11 is 0. The lowest BCUT2D eigenvalue weighted by atomic mass is 9.95. The number of carbonyl (C=O) groups excluding carboxylic acids is 6. The molecule has 0 aromatic carbocycles. The van der Waals surface area contributed by atoms with Crippen molar-refractivity contribution in [2.45, 2.75) is 558 Å². The molecule has 0 bridgehead atoms. The van der Waals surface area contributed by atoms with E-state index < -0.39 is 162 Å². The quantitative estimate of drug-likeness (QED) is 0.0121. The summed E-state index contributed by atoms with van der Waals surface area (Å²) in [4.78, 5) is 108. The maximum Gasteiger partial charge on any atom is 0.470 e. The lowest BCUT2D eigenvalue weighted by Gasteiger charge is -2.47. The van der Waals surface area contributed by atoms with E-state index >= 15 is 9.59 Å². The summed E-state index contributed by atoms with van der Waals surface area (Å²) < 4.78 is 69.0. The number of ether oxygens (including phenoxy) is 8. The zero-order valence-electron chi connectivity index (χ0n) is 77.5. The maximum absolute atomic E-state index is 15.2. The number of phosphoric acid groups is 1. The fraction of sp³-hybridized carbons (Fsp3) is 0.938. The third-order valence-electron chi connectivity index (χ3n) is 23.9. The Morgan fingerprint density at radius 2 is 0.645 bits per heavy atom. The first-order chi connectivity index (χ1) is 58.7. The van der Waals surface area contributed by atoms with Crippen LogP contribution in [0.2, 0.25) is 0 Å². The summed E-state index contributed by atoms with van der Waals surface area (Å²) in [5.41, 5.74) is 0. The van der Waals surface area contributed by atoms with Crippen molar-refractivity contribution < 1.29 is 106 Å². The third-order valence-corrected chi connectivity index (χ3v) is 24.5. The Bertz CT molecular complexity index is 2550. The van der Waals surface area contributed by atoms with E-state index in [0.717, 1.165) is 186 Å². The highest BCUT2D eigenvalue weighted by Crippen LogP contribution is 2.43. The Balaban J connectivity index is 2.79. The maximum atomic E-state index is 15.2. The number of hydrogen-bond donors (Lipinski definition) is 8. The van der Waals surface area contributed by atoms with Crippen molar-refractivity contribution in [3.05, 3.63) is 0 Å². The second-order valence-corrected chi connectivity index (χ2v) is 36.6. The number of esters is 4. The molecule has 2 fully saturated rings. The van der Waals surface area contributed by atoms with Crippen LogP contribution in [0.1, 0.15) is 472 Å². The molecule has 2 heterocycles. The van der Waals surface area contributed by atoms with Gasteiger partial charge in [0.25, 0.3) is 0 Å². The van der Waals surface area contributed by atoms with Crippen molar-refractivity contribution >= 4 is 43.5 Å². The number of hydrogen-bond acceptors (Lipinski definition) is 20. The van der Waals surface area contributed by atoms with Gasteiger partial charge in [-0.1, -0.05) is 375 Å². The molecule has 2 aliphatic heterocycles. The van der Waals surface area contributed by atoms with Crippen LogP contribution < -0.4 is 10.6 Å². The highest BCUT2D eigenvalue weighted by molar-refractivity contribution is 7.46. The highest BCUT2D eigenvalue weighted by Gasteiger charge is 2.54. The van der Waals surface area contributed by atoms with E-state index in [2.05, 4.69) is 52.2 Å². The number of carbonyl (C=O) groups is 6. The minimum atomic E-state index is -5.61. The predicted octanol–water partition coefficient (Wildman–Crippen LogP) is 21.5. The molecule has 25 heteroatoms. The highest BCUT2D eigenvalue weighted by atomic mass is 31.2. The second kappa shape index (κ2) is 76.6. The van der Waals surface area contributed by atoms with Crippen molar-refractivity contribution in [1.82, 2.24) is 10.6 Å². The first-order valence-corrected chi connectivity index (χ1v) is 51.5. The van der Waals surface area contributed by atoms with Crippen molar-refractivity contribution in [3.8, 4) is 0 Å². The van der Waals surface area contributed by atoms with Crippen LogP contribution in [-0.2, 0) is 75.8 Å². The van der Waals surface area contributed by atoms with Gasteiger partial charge in [-0.15, -0.1) is 0 Å². The average molecular weight is 1750 g/mol. The van der Waals surface area contributed by atoms with Crippen LogP contribution in [0.3, 0.4) is 0 Å². The third kappa shape index (κ3) is 60.1. The molecular formula is C96H181N2O22P. The van der Waals surface area contributed by atoms with Crippen molar-refractivity contribution in [2.24, 2.45) is 0 Å². The van der Waals surface area contributed by atoms with Crippen LogP contribution in [0.5, 0.6) is 0 Å². The SMILES string of the molecule is CCCCCCCCCCCCCC(=O)O[C@H](CCCCCCCCCCC)CC(=O)O[C@@H]1[C@@H](NC(=O)C[C@@H](CCCCCCCCCCC)OC(=O)CCCCCCCCCCC)[C@H](OC[C@H]2O[C@H](OCC)[C@H](NC(=O)C[C@H](O)CCCCCCCCCCC)[C@@H](OC(=O)C[C@H](O)CCCCCCCCCCC)[C@@H]2O)O[C@H](CO)[C@H]1OP(=O)(O)O. The van der Waals surface area contributed by atoms with Gasteiger partial charge in [-0.25, -0.2) is 4.57 Å². The number of aliphatic hydroxyl groups is 4. The van der Waals surface area contributed by atoms with Gasteiger partial charge in [0.1, 0.15) is 48.7 Å². The van der Waals surface area contributed by atoms with Gasteiger partial charge >= 0.3 is 31.7 Å². The van der Waals surface area contributed by atoms with E-state index in [9.17, 15) is 54.0 Å². The van der Waals surface area contributed by atoms with Gasteiger partial charge < -0.3 is 78.7 Å². The normalized spacial score (nSPS) is 20.4. The molecule has 0 aromatic rings. The van der Waals surface area contributed by atoms with Crippen LogP contribution in [0.4, 0.5) is 0 Å². The fourth-order valence-corrected chi connectivity index (χ4v) is 17.2. The van der Waals surface area contributed by atoms with E-state index in [1.54, 1.807) is 6.92 Å². The molecule has 2 rings (SSSR count). The molecule has 8 N–H and O–H groups in total. The molecule has 0 spiro atoms. The molecule has 2 saturated heterocycles. The fourth-order valence-electron chi connectivity index (χ4n) is 16.7. The molecule has 0 radical (unpaired) electrons. The van der Waals surface area contributed by atoms with Gasteiger partial charge in [-0.05, 0) is 58.3 Å². The number of phosphoric ester groups is 1. The molecule has 0 unspecified atom stereocenters. The monoisotopic (exact) mass is 1750 g/mol. The van der Waals surface area contributed by atoms with Gasteiger partial charge in [0.2, 0.25) is 11.8 Å². The summed E-state index contributed by atoms with van der Waals surface area (Å²) in [6, 6.07) is -3.20.